The summed E-state index contributed by atoms with van der Waals surface area (Å²) in [4.78, 5) is 14.2. The lowest BCUT2D eigenvalue weighted by Gasteiger charge is -2.24. The van der Waals surface area contributed by atoms with E-state index < -0.39 is 0 Å². The van der Waals surface area contributed by atoms with Crippen molar-refractivity contribution in [2.75, 3.05) is 32.8 Å². The molecule has 2 saturated heterocycles. The molecule has 0 saturated carbocycles. The van der Waals surface area contributed by atoms with Crippen LogP contribution in [0.3, 0.4) is 0 Å². The maximum absolute atomic E-state index is 12.1. The van der Waals surface area contributed by atoms with Crippen molar-refractivity contribution in [3.05, 3.63) is 0 Å². The predicted molar refractivity (Wildman–Crippen MR) is 66.8 cm³/mol. The van der Waals surface area contributed by atoms with Crippen LogP contribution < -0.4 is 5.32 Å². The molecule has 0 aromatic rings. The van der Waals surface area contributed by atoms with Gasteiger partial charge in [-0.3, -0.25) is 4.79 Å². The van der Waals surface area contributed by atoms with Crippen molar-refractivity contribution >= 4 is 5.91 Å². The molecular formula is C13H24N2O2. The number of ether oxygens (including phenoxy) is 1. The number of nitrogens with zero attached hydrogens (tertiary/aromatic N) is 1. The van der Waals surface area contributed by atoms with E-state index >= 15 is 0 Å². The molecule has 2 heterocycles. The Morgan fingerprint density at radius 3 is 3.00 bits per heavy atom. The van der Waals surface area contributed by atoms with E-state index in [1.807, 2.05) is 6.92 Å². The third kappa shape index (κ3) is 2.80. The number of rotatable bonds is 5. The molecule has 2 rings (SSSR count). The second-order valence-electron chi connectivity index (χ2n) is 5.17. The lowest BCUT2D eigenvalue weighted by molar-refractivity contribution is -0.132. The molecule has 17 heavy (non-hydrogen) atoms. The Bertz CT molecular complexity index is 270. The summed E-state index contributed by atoms with van der Waals surface area (Å²) < 4.78 is 5.27. The largest absolute Gasteiger partial charge is 0.382 e. The molecule has 4 nitrogen and oxygen atoms in total. The number of fused-ring (bicyclic) bond motifs is 1. The maximum Gasteiger partial charge on any atom is 0.222 e. The van der Waals surface area contributed by atoms with Crippen LogP contribution in [-0.4, -0.2) is 49.7 Å². The average Bonchev–Trinajstić information content (AvgIpc) is 2.88. The van der Waals surface area contributed by atoms with E-state index in [4.69, 9.17) is 4.74 Å². The minimum absolute atomic E-state index is 0.312. The van der Waals surface area contributed by atoms with Crippen LogP contribution in [0.15, 0.2) is 0 Å². The zero-order chi connectivity index (χ0) is 12.3. The van der Waals surface area contributed by atoms with Gasteiger partial charge in [0.2, 0.25) is 5.91 Å². The Morgan fingerprint density at radius 2 is 2.29 bits per heavy atom. The lowest BCUT2D eigenvalue weighted by atomic mass is 9.95. The van der Waals surface area contributed by atoms with Crippen LogP contribution in [0.4, 0.5) is 0 Å². The van der Waals surface area contributed by atoms with Crippen LogP contribution in [0.5, 0.6) is 0 Å². The summed E-state index contributed by atoms with van der Waals surface area (Å²) in [5.41, 5.74) is 0. The monoisotopic (exact) mass is 240 g/mol. The van der Waals surface area contributed by atoms with Gasteiger partial charge >= 0.3 is 0 Å². The van der Waals surface area contributed by atoms with Gasteiger partial charge in [0, 0.05) is 45.3 Å². The van der Waals surface area contributed by atoms with E-state index in [2.05, 4.69) is 17.1 Å². The molecule has 2 aliphatic heterocycles. The fourth-order valence-electron chi connectivity index (χ4n) is 3.11. The Kier molecular flexibility index (Phi) is 4.40. The molecule has 3 atom stereocenters. The van der Waals surface area contributed by atoms with Gasteiger partial charge in [-0.15, -0.1) is 0 Å². The van der Waals surface area contributed by atoms with Crippen molar-refractivity contribution in [1.29, 1.82) is 0 Å². The summed E-state index contributed by atoms with van der Waals surface area (Å²) in [7, 11) is 0. The first-order valence-electron chi connectivity index (χ1n) is 6.82. The summed E-state index contributed by atoms with van der Waals surface area (Å²) in [6.07, 6.45) is 1.49. The second kappa shape index (κ2) is 5.83. The van der Waals surface area contributed by atoms with Crippen LogP contribution in [0.1, 0.15) is 26.7 Å². The molecule has 1 N–H and O–H groups in total. The molecule has 3 unspecified atom stereocenters. The highest BCUT2D eigenvalue weighted by Gasteiger charge is 2.43. The van der Waals surface area contributed by atoms with Gasteiger partial charge in [0.1, 0.15) is 0 Å². The van der Waals surface area contributed by atoms with E-state index in [-0.39, 0.29) is 0 Å². The van der Waals surface area contributed by atoms with Gasteiger partial charge in [-0.1, -0.05) is 0 Å². The van der Waals surface area contributed by atoms with Crippen molar-refractivity contribution in [3.8, 4) is 0 Å². The van der Waals surface area contributed by atoms with Crippen LogP contribution in [-0.2, 0) is 9.53 Å². The van der Waals surface area contributed by atoms with Gasteiger partial charge in [-0.25, -0.2) is 0 Å². The van der Waals surface area contributed by atoms with Crippen molar-refractivity contribution in [3.63, 3.8) is 0 Å². The Balaban J connectivity index is 1.76. The van der Waals surface area contributed by atoms with E-state index in [1.165, 1.54) is 0 Å². The van der Waals surface area contributed by atoms with Crippen LogP contribution >= 0.6 is 0 Å². The molecule has 0 bridgehead atoms. The van der Waals surface area contributed by atoms with E-state index in [1.54, 1.807) is 0 Å². The zero-order valence-electron chi connectivity index (χ0n) is 10.9. The van der Waals surface area contributed by atoms with Crippen LogP contribution in [0, 0.1) is 11.8 Å². The normalized spacial score (nSPS) is 31.9. The second-order valence-corrected chi connectivity index (χ2v) is 5.17. The highest BCUT2D eigenvalue weighted by atomic mass is 16.5. The van der Waals surface area contributed by atoms with Gasteiger partial charge in [0.15, 0.2) is 0 Å². The predicted octanol–water partition coefficient (Wildman–Crippen LogP) is 0.869. The molecule has 0 aliphatic carbocycles. The molecular weight excluding hydrogens is 216 g/mol. The zero-order valence-corrected chi connectivity index (χ0v) is 10.9. The molecule has 0 radical (unpaired) electrons. The smallest absolute Gasteiger partial charge is 0.222 e. The standard InChI is InChI=1S/C13H24N2O2/c1-3-17-6-4-5-13(16)15-9-11-7-14-8-12(11)10(15)2/h10-12,14H,3-9H2,1-2H3. The molecule has 0 spiro atoms. The first kappa shape index (κ1) is 12.8. The van der Waals surface area contributed by atoms with Gasteiger partial charge < -0.3 is 15.0 Å². The topological polar surface area (TPSA) is 41.6 Å². The molecule has 1 amide bonds. The Hall–Kier alpha value is -0.610. The third-order valence-corrected chi connectivity index (χ3v) is 4.14. The van der Waals surface area contributed by atoms with E-state index in [9.17, 15) is 4.79 Å². The third-order valence-electron chi connectivity index (χ3n) is 4.14. The molecule has 4 heteroatoms. The summed E-state index contributed by atoms with van der Waals surface area (Å²) in [5, 5.41) is 3.42. The highest BCUT2D eigenvalue weighted by molar-refractivity contribution is 5.77. The fraction of sp³-hybridized carbons (Fsp3) is 0.923. The Labute approximate surface area is 104 Å². The van der Waals surface area contributed by atoms with E-state index in [0.717, 1.165) is 32.7 Å². The molecule has 2 aliphatic rings. The number of carbonyl (C=O) groups is 1. The fourth-order valence-corrected chi connectivity index (χ4v) is 3.11. The summed E-state index contributed by atoms with van der Waals surface area (Å²) in [6, 6.07) is 0.412. The quantitative estimate of drug-likeness (QED) is 0.725. The van der Waals surface area contributed by atoms with Gasteiger partial charge in [0.25, 0.3) is 0 Å². The lowest BCUT2D eigenvalue weighted by Crippen LogP contribution is -2.38. The molecule has 0 aromatic carbocycles. The summed E-state index contributed by atoms with van der Waals surface area (Å²) >= 11 is 0. The number of likely N-dealkylation sites (tertiary alicyclic amines) is 1. The number of amides is 1. The van der Waals surface area contributed by atoms with Crippen LogP contribution in [0.2, 0.25) is 0 Å². The average molecular weight is 240 g/mol. The first-order chi connectivity index (χ1) is 8.24. The summed E-state index contributed by atoms with van der Waals surface area (Å²) in [5.74, 6) is 1.67. The van der Waals surface area contributed by atoms with E-state index in [0.29, 0.717) is 36.8 Å². The molecule has 0 aromatic heterocycles. The minimum Gasteiger partial charge on any atom is -0.382 e. The van der Waals surface area contributed by atoms with Gasteiger partial charge in [0.05, 0.1) is 0 Å². The molecule has 2 fully saturated rings. The number of nitrogens with one attached hydrogen (secondary N) is 1. The number of hydrogen-bond acceptors (Lipinski definition) is 3. The van der Waals surface area contributed by atoms with Crippen molar-refractivity contribution < 1.29 is 9.53 Å². The maximum atomic E-state index is 12.1. The highest BCUT2D eigenvalue weighted by Crippen LogP contribution is 2.32. The SMILES string of the molecule is CCOCCCC(=O)N1CC2CNCC2C1C. The van der Waals surface area contributed by atoms with Crippen molar-refractivity contribution in [2.24, 2.45) is 11.8 Å². The van der Waals surface area contributed by atoms with Gasteiger partial charge in [-0.2, -0.15) is 0 Å². The first-order valence-corrected chi connectivity index (χ1v) is 6.82. The Morgan fingerprint density at radius 1 is 1.47 bits per heavy atom. The van der Waals surface area contributed by atoms with Gasteiger partial charge in [-0.05, 0) is 32.1 Å². The van der Waals surface area contributed by atoms with Crippen molar-refractivity contribution in [1.82, 2.24) is 10.2 Å². The van der Waals surface area contributed by atoms with Crippen LogP contribution in [0.25, 0.3) is 0 Å². The summed E-state index contributed by atoms with van der Waals surface area (Å²) in [6.45, 7) is 8.73. The number of hydrogen-bond donors (Lipinski definition) is 1. The number of carbonyl (C=O) groups excluding carboxylic acids is 1. The molecule has 98 valence electrons. The van der Waals surface area contributed by atoms with Crippen molar-refractivity contribution in [2.45, 2.75) is 32.7 Å². The minimum atomic E-state index is 0.312.